The fourth-order valence-corrected chi connectivity index (χ4v) is 2.93. The molecule has 1 aliphatic rings. The summed E-state index contributed by atoms with van der Waals surface area (Å²) in [7, 11) is 0. The molecule has 3 rings (SSSR count). The van der Waals surface area contributed by atoms with Gasteiger partial charge in [-0.15, -0.1) is 24.8 Å². The van der Waals surface area contributed by atoms with E-state index in [2.05, 4.69) is 11.9 Å². The molecule has 22 heavy (non-hydrogen) atoms. The van der Waals surface area contributed by atoms with Crippen molar-refractivity contribution in [3.63, 3.8) is 0 Å². The summed E-state index contributed by atoms with van der Waals surface area (Å²) in [5.41, 5.74) is 7.10. The van der Waals surface area contributed by atoms with E-state index in [0.717, 1.165) is 23.9 Å². The summed E-state index contributed by atoms with van der Waals surface area (Å²) in [5, 5.41) is 1.05. The molecule has 0 bridgehead atoms. The zero-order valence-corrected chi connectivity index (χ0v) is 14.1. The van der Waals surface area contributed by atoms with Crippen LogP contribution in [0.2, 0.25) is 0 Å². The largest absolute Gasteiger partial charge is 0.334 e. The van der Waals surface area contributed by atoms with Gasteiger partial charge in [0.15, 0.2) is 0 Å². The molecule has 1 aromatic heterocycles. The maximum atomic E-state index is 12.6. The maximum absolute atomic E-state index is 12.6. The fraction of sp³-hybridized carbons (Fsp3) is 0.375. The van der Waals surface area contributed by atoms with Gasteiger partial charge in [0.2, 0.25) is 0 Å². The minimum Gasteiger partial charge on any atom is -0.334 e. The van der Waals surface area contributed by atoms with Crippen molar-refractivity contribution in [1.82, 2.24) is 9.88 Å². The van der Waals surface area contributed by atoms with Crippen molar-refractivity contribution < 1.29 is 4.79 Å². The second kappa shape index (κ2) is 7.77. The zero-order chi connectivity index (χ0) is 14.1. The number of hydrogen-bond acceptors (Lipinski definition) is 3. The van der Waals surface area contributed by atoms with Crippen LogP contribution in [0.5, 0.6) is 0 Å². The summed E-state index contributed by atoms with van der Waals surface area (Å²) in [6, 6.07) is 11.8. The number of nitrogens with two attached hydrogens (primary N) is 1. The van der Waals surface area contributed by atoms with Gasteiger partial charge in [-0.25, -0.2) is 4.98 Å². The van der Waals surface area contributed by atoms with Gasteiger partial charge in [-0.2, -0.15) is 0 Å². The molecule has 0 radical (unpaired) electrons. The standard InChI is InChI=1S/C16H19N3O.2ClH/c1-11-8-12(9-17)10-19(11)16(20)15-7-6-13-4-2-3-5-14(13)18-15;;/h2-7,11-12H,8-10,17H2,1H3;2*1H. The molecule has 0 aliphatic carbocycles. The number of nitrogens with zero attached hydrogens (tertiary/aromatic N) is 2. The Hall–Kier alpha value is -1.36. The lowest BCUT2D eigenvalue weighted by Crippen LogP contribution is -2.34. The quantitative estimate of drug-likeness (QED) is 0.913. The van der Waals surface area contributed by atoms with E-state index in [1.165, 1.54) is 0 Å². The molecule has 0 saturated carbocycles. The molecule has 1 aromatic carbocycles. The van der Waals surface area contributed by atoms with Crippen LogP contribution in [0, 0.1) is 5.92 Å². The van der Waals surface area contributed by atoms with E-state index in [4.69, 9.17) is 5.73 Å². The molecule has 2 aromatic rings. The lowest BCUT2D eigenvalue weighted by molar-refractivity contribution is 0.0738. The SMILES string of the molecule is CC1CC(CN)CN1C(=O)c1ccc2ccccc2n1.Cl.Cl. The Morgan fingerprint density at radius 2 is 2.00 bits per heavy atom. The minimum absolute atomic E-state index is 0. The van der Waals surface area contributed by atoms with Gasteiger partial charge in [0, 0.05) is 18.0 Å². The number of likely N-dealkylation sites (tertiary alicyclic amines) is 1. The molecule has 6 heteroatoms. The van der Waals surface area contributed by atoms with Gasteiger partial charge in [0.1, 0.15) is 5.69 Å². The van der Waals surface area contributed by atoms with Crippen LogP contribution in [0.3, 0.4) is 0 Å². The highest BCUT2D eigenvalue weighted by Gasteiger charge is 2.32. The van der Waals surface area contributed by atoms with Crippen LogP contribution in [-0.4, -0.2) is 34.9 Å². The highest BCUT2D eigenvalue weighted by Crippen LogP contribution is 2.24. The summed E-state index contributed by atoms with van der Waals surface area (Å²) in [5.74, 6) is 0.425. The number of hydrogen-bond donors (Lipinski definition) is 1. The summed E-state index contributed by atoms with van der Waals surface area (Å²) in [6.45, 7) is 3.46. The topological polar surface area (TPSA) is 59.2 Å². The van der Waals surface area contributed by atoms with E-state index in [1.54, 1.807) is 0 Å². The number of aromatic nitrogens is 1. The van der Waals surface area contributed by atoms with E-state index < -0.39 is 0 Å². The number of rotatable bonds is 2. The Morgan fingerprint density at radius 1 is 1.27 bits per heavy atom. The lowest BCUT2D eigenvalue weighted by Gasteiger charge is -2.21. The number of carbonyl (C=O) groups excluding carboxylic acids is 1. The number of halogens is 2. The van der Waals surface area contributed by atoms with Gasteiger partial charge in [-0.05, 0) is 37.9 Å². The van der Waals surface area contributed by atoms with Gasteiger partial charge in [-0.3, -0.25) is 4.79 Å². The van der Waals surface area contributed by atoms with E-state index in [1.807, 2.05) is 41.3 Å². The molecule has 1 aliphatic heterocycles. The van der Waals surface area contributed by atoms with Gasteiger partial charge >= 0.3 is 0 Å². The molecule has 1 fully saturated rings. The summed E-state index contributed by atoms with van der Waals surface area (Å²) < 4.78 is 0. The first-order chi connectivity index (χ1) is 9.69. The van der Waals surface area contributed by atoms with Crippen molar-refractivity contribution in [3.8, 4) is 0 Å². The first kappa shape index (κ1) is 18.7. The molecule has 1 amide bonds. The molecule has 1 saturated heterocycles. The molecule has 2 atom stereocenters. The number of carbonyl (C=O) groups is 1. The fourth-order valence-electron chi connectivity index (χ4n) is 2.93. The third-order valence-electron chi connectivity index (χ3n) is 4.07. The first-order valence-corrected chi connectivity index (χ1v) is 7.06. The number of amides is 1. The monoisotopic (exact) mass is 341 g/mol. The van der Waals surface area contributed by atoms with Crippen LogP contribution in [0.1, 0.15) is 23.8 Å². The Labute approximate surface area is 142 Å². The van der Waals surface area contributed by atoms with Crippen LogP contribution in [-0.2, 0) is 0 Å². The van der Waals surface area contributed by atoms with E-state index in [0.29, 0.717) is 18.2 Å². The predicted octanol–water partition coefficient (Wildman–Crippen LogP) is 2.89. The van der Waals surface area contributed by atoms with Crippen LogP contribution < -0.4 is 5.73 Å². The van der Waals surface area contributed by atoms with E-state index in [9.17, 15) is 4.79 Å². The zero-order valence-electron chi connectivity index (χ0n) is 12.4. The molecular weight excluding hydrogens is 321 g/mol. The Kier molecular flexibility index (Phi) is 6.60. The molecule has 2 unspecified atom stereocenters. The molecule has 4 nitrogen and oxygen atoms in total. The first-order valence-electron chi connectivity index (χ1n) is 7.06. The van der Waals surface area contributed by atoms with Gasteiger partial charge < -0.3 is 10.6 Å². The number of pyridine rings is 1. The Balaban J connectivity index is 0.00000121. The number of para-hydroxylation sites is 1. The van der Waals surface area contributed by atoms with Crippen LogP contribution in [0.25, 0.3) is 10.9 Å². The van der Waals surface area contributed by atoms with Crippen LogP contribution in [0.15, 0.2) is 36.4 Å². The Morgan fingerprint density at radius 3 is 2.68 bits per heavy atom. The normalized spacial score (nSPS) is 20.4. The van der Waals surface area contributed by atoms with Crippen molar-refractivity contribution in [1.29, 1.82) is 0 Å². The average molecular weight is 342 g/mol. The molecular formula is C16H21Cl2N3O. The molecule has 2 heterocycles. The summed E-state index contributed by atoms with van der Waals surface area (Å²) in [6.07, 6.45) is 0.982. The van der Waals surface area contributed by atoms with Crippen molar-refractivity contribution in [2.45, 2.75) is 19.4 Å². The number of benzene rings is 1. The van der Waals surface area contributed by atoms with Gasteiger partial charge in [-0.1, -0.05) is 24.3 Å². The van der Waals surface area contributed by atoms with Crippen LogP contribution >= 0.6 is 24.8 Å². The van der Waals surface area contributed by atoms with Crippen molar-refractivity contribution in [3.05, 3.63) is 42.1 Å². The van der Waals surface area contributed by atoms with Crippen molar-refractivity contribution in [2.24, 2.45) is 11.7 Å². The second-order valence-corrected chi connectivity index (χ2v) is 5.53. The van der Waals surface area contributed by atoms with E-state index in [-0.39, 0.29) is 36.8 Å². The minimum atomic E-state index is 0. The lowest BCUT2D eigenvalue weighted by atomic mass is 10.1. The third kappa shape index (κ3) is 3.51. The second-order valence-electron chi connectivity index (χ2n) is 5.53. The highest BCUT2D eigenvalue weighted by molar-refractivity contribution is 5.95. The van der Waals surface area contributed by atoms with E-state index >= 15 is 0 Å². The van der Waals surface area contributed by atoms with Gasteiger partial charge in [0.05, 0.1) is 5.52 Å². The molecule has 120 valence electrons. The van der Waals surface area contributed by atoms with Crippen LogP contribution in [0.4, 0.5) is 0 Å². The predicted molar refractivity (Wildman–Crippen MR) is 93.9 cm³/mol. The van der Waals surface area contributed by atoms with Gasteiger partial charge in [0.25, 0.3) is 5.91 Å². The maximum Gasteiger partial charge on any atom is 0.272 e. The third-order valence-corrected chi connectivity index (χ3v) is 4.07. The number of fused-ring (bicyclic) bond motifs is 1. The van der Waals surface area contributed by atoms with Crippen molar-refractivity contribution in [2.75, 3.05) is 13.1 Å². The average Bonchev–Trinajstić information content (AvgIpc) is 2.87. The highest BCUT2D eigenvalue weighted by atomic mass is 35.5. The molecule has 0 spiro atoms. The van der Waals surface area contributed by atoms with Crippen molar-refractivity contribution >= 4 is 41.6 Å². The summed E-state index contributed by atoms with van der Waals surface area (Å²) >= 11 is 0. The smallest absolute Gasteiger partial charge is 0.272 e. The molecule has 2 N–H and O–H groups in total. The summed E-state index contributed by atoms with van der Waals surface area (Å²) in [4.78, 5) is 19.0. The Bertz CT molecular complexity index is 650.